The van der Waals surface area contributed by atoms with E-state index in [-0.39, 0.29) is 16.1 Å². The minimum Gasteiger partial charge on any atom is -0.302 e. The highest BCUT2D eigenvalue weighted by molar-refractivity contribution is 7.79. The summed E-state index contributed by atoms with van der Waals surface area (Å²) in [5.41, 5.74) is 1.63. The van der Waals surface area contributed by atoms with Gasteiger partial charge in [-0.3, -0.25) is 9.89 Å². The molecule has 0 aliphatic carbocycles. The topological polar surface area (TPSA) is 87.5 Å². The highest BCUT2D eigenvalue weighted by Crippen LogP contribution is 2.30. The third-order valence-electron chi connectivity index (χ3n) is 4.35. The Morgan fingerprint density at radius 2 is 1.82 bits per heavy atom. The van der Waals surface area contributed by atoms with Crippen molar-refractivity contribution in [2.45, 2.75) is 11.8 Å². The van der Waals surface area contributed by atoms with Gasteiger partial charge in [-0.15, -0.1) is 0 Å². The summed E-state index contributed by atoms with van der Waals surface area (Å²) in [6.45, 7) is 1.66. The lowest BCUT2D eigenvalue weighted by molar-refractivity contribution is 0.564. The van der Waals surface area contributed by atoms with E-state index in [2.05, 4.69) is 10.1 Å². The number of benzene rings is 2. The van der Waals surface area contributed by atoms with E-state index in [0.29, 0.717) is 22.5 Å². The first-order chi connectivity index (χ1) is 13.3. The van der Waals surface area contributed by atoms with Crippen LogP contribution in [0.2, 0.25) is 0 Å². The first-order valence-corrected chi connectivity index (χ1v) is 9.25. The van der Waals surface area contributed by atoms with Crippen LogP contribution in [0, 0.1) is 18.6 Å². The van der Waals surface area contributed by atoms with E-state index in [9.17, 15) is 17.8 Å². The molecule has 0 saturated carbocycles. The fourth-order valence-corrected chi connectivity index (χ4v) is 3.42. The van der Waals surface area contributed by atoms with Crippen molar-refractivity contribution in [3.8, 4) is 22.4 Å². The molecule has 0 aliphatic heterocycles. The van der Waals surface area contributed by atoms with E-state index in [1.807, 2.05) is 0 Å². The van der Waals surface area contributed by atoms with Gasteiger partial charge in [0, 0.05) is 34.5 Å². The Morgan fingerprint density at radius 1 is 1.11 bits per heavy atom. The van der Waals surface area contributed by atoms with Crippen LogP contribution in [-0.2, 0) is 11.1 Å². The molecule has 1 atom stereocenters. The van der Waals surface area contributed by atoms with Crippen LogP contribution in [0.4, 0.5) is 8.78 Å². The number of H-pyrrole nitrogens is 1. The molecule has 0 radical (unpaired) electrons. The van der Waals surface area contributed by atoms with E-state index in [0.717, 1.165) is 12.1 Å². The Labute approximate surface area is 159 Å². The van der Waals surface area contributed by atoms with Gasteiger partial charge in [0.05, 0.1) is 10.6 Å². The zero-order valence-corrected chi connectivity index (χ0v) is 15.3. The van der Waals surface area contributed by atoms with Crippen LogP contribution in [0.25, 0.3) is 28.0 Å². The maximum atomic E-state index is 14.3. The number of hydrogen-bond donors (Lipinski definition) is 2. The van der Waals surface area contributed by atoms with Crippen LogP contribution < -0.4 is 5.56 Å². The van der Waals surface area contributed by atoms with Crippen LogP contribution in [0.1, 0.15) is 5.69 Å². The molecular formula is C19H13F2N3O3S. The molecule has 142 valence electrons. The summed E-state index contributed by atoms with van der Waals surface area (Å²) in [5.74, 6) is -1.47. The van der Waals surface area contributed by atoms with Crippen molar-refractivity contribution in [2.24, 2.45) is 0 Å². The summed E-state index contributed by atoms with van der Waals surface area (Å²) in [4.78, 5) is 17.2. The zero-order chi connectivity index (χ0) is 20.0. The number of aryl methyl sites for hydroxylation is 1. The summed E-state index contributed by atoms with van der Waals surface area (Å²) in [7, 11) is 0. The average molecular weight is 401 g/mol. The predicted octanol–water partition coefficient (Wildman–Crippen LogP) is 3.52. The number of aromatic amines is 1. The smallest absolute Gasteiger partial charge is 0.273 e. The Hall–Kier alpha value is -3.17. The number of fused-ring (bicyclic) bond motifs is 1. The lowest BCUT2D eigenvalue weighted by Gasteiger charge is -2.05. The number of halogens is 2. The Bertz CT molecular complexity index is 1300. The molecule has 6 nitrogen and oxygen atoms in total. The Balaban J connectivity index is 1.95. The van der Waals surface area contributed by atoms with Crippen molar-refractivity contribution in [3.05, 3.63) is 76.2 Å². The summed E-state index contributed by atoms with van der Waals surface area (Å²) in [5, 5.41) is 2.85. The molecule has 0 amide bonds. The van der Waals surface area contributed by atoms with Gasteiger partial charge in [0.2, 0.25) is 0 Å². The molecule has 2 N–H and O–H groups in total. The third kappa shape index (κ3) is 3.04. The minimum atomic E-state index is -2.11. The van der Waals surface area contributed by atoms with E-state index in [4.69, 9.17) is 4.55 Å². The first-order valence-electron chi connectivity index (χ1n) is 8.14. The fraction of sp³-hybridized carbons (Fsp3) is 0.0526. The summed E-state index contributed by atoms with van der Waals surface area (Å²) in [6, 6.07) is 10.6. The molecule has 0 bridgehead atoms. The number of rotatable bonds is 3. The van der Waals surface area contributed by atoms with Crippen LogP contribution in [-0.4, -0.2) is 23.4 Å². The Morgan fingerprint density at radius 3 is 2.46 bits per heavy atom. The van der Waals surface area contributed by atoms with Gasteiger partial charge in [0.1, 0.15) is 11.6 Å². The second-order valence-electron chi connectivity index (χ2n) is 6.15. The highest BCUT2D eigenvalue weighted by atomic mass is 32.2. The number of aromatic nitrogens is 3. The fourth-order valence-electron chi connectivity index (χ4n) is 3.05. The second-order valence-corrected chi connectivity index (χ2v) is 7.12. The maximum Gasteiger partial charge on any atom is 0.273 e. The second kappa shape index (κ2) is 6.77. The van der Waals surface area contributed by atoms with Crippen molar-refractivity contribution >= 4 is 16.7 Å². The molecule has 4 aromatic rings. The number of nitrogens with zero attached hydrogens (tertiary/aromatic N) is 2. The van der Waals surface area contributed by atoms with Gasteiger partial charge in [-0.2, -0.15) is 0 Å². The van der Waals surface area contributed by atoms with E-state index < -0.39 is 28.3 Å². The molecule has 0 aliphatic rings. The monoisotopic (exact) mass is 401 g/mol. The average Bonchev–Trinajstić information content (AvgIpc) is 2.98. The van der Waals surface area contributed by atoms with E-state index >= 15 is 0 Å². The molecule has 2 aromatic carbocycles. The summed E-state index contributed by atoms with van der Waals surface area (Å²) >= 11 is -2.11. The van der Waals surface area contributed by atoms with Crippen molar-refractivity contribution in [1.82, 2.24) is 14.6 Å². The highest BCUT2D eigenvalue weighted by Gasteiger charge is 2.18. The third-order valence-corrected chi connectivity index (χ3v) is 5.02. The van der Waals surface area contributed by atoms with Crippen LogP contribution in [0.15, 0.2) is 58.2 Å². The predicted molar refractivity (Wildman–Crippen MR) is 100 cm³/mol. The van der Waals surface area contributed by atoms with Gasteiger partial charge in [-0.25, -0.2) is 22.5 Å². The zero-order valence-electron chi connectivity index (χ0n) is 14.4. The van der Waals surface area contributed by atoms with Gasteiger partial charge in [0.15, 0.2) is 16.7 Å². The van der Waals surface area contributed by atoms with Gasteiger partial charge < -0.3 is 4.55 Å². The standard InChI is InChI=1S/C19H13F2N3O3S/c1-10-18(14-7-4-12(20)8-15(14)21)19-22-16(9-17(25)24(19)23-10)11-2-5-13(6-3-11)28(26)27/h2-9,23H,1H3,(H,26,27). The van der Waals surface area contributed by atoms with E-state index in [1.54, 1.807) is 19.1 Å². The minimum absolute atomic E-state index is 0.118. The van der Waals surface area contributed by atoms with Crippen molar-refractivity contribution in [2.75, 3.05) is 0 Å². The summed E-state index contributed by atoms with van der Waals surface area (Å²) < 4.78 is 49.0. The van der Waals surface area contributed by atoms with Gasteiger partial charge in [-0.1, -0.05) is 12.1 Å². The van der Waals surface area contributed by atoms with Gasteiger partial charge in [-0.05, 0) is 31.2 Å². The number of hydrogen-bond acceptors (Lipinski definition) is 3. The largest absolute Gasteiger partial charge is 0.302 e. The molecule has 1 unspecified atom stereocenters. The molecule has 4 rings (SSSR count). The lowest BCUT2D eigenvalue weighted by atomic mass is 10.1. The molecule has 2 aromatic heterocycles. The molecule has 0 fully saturated rings. The SMILES string of the molecule is Cc1[nH]n2c(=O)cc(-c3ccc(S(=O)O)cc3)nc2c1-c1ccc(F)cc1F. The van der Waals surface area contributed by atoms with Crippen LogP contribution >= 0.6 is 0 Å². The van der Waals surface area contributed by atoms with Gasteiger partial charge >= 0.3 is 0 Å². The van der Waals surface area contributed by atoms with Crippen LogP contribution in [0.3, 0.4) is 0 Å². The van der Waals surface area contributed by atoms with Gasteiger partial charge in [0.25, 0.3) is 5.56 Å². The lowest BCUT2D eigenvalue weighted by Crippen LogP contribution is -2.14. The molecule has 9 heteroatoms. The maximum absolute atomic E-state index is 14.3. The van der Waals surface area contributed by atoms with Crippen molar-refractivity contribution in [1.29, 1.82) is 0 Å². The van der Waals surface area contributed by atoms with E-state index in [1.165, 1.54) is 28.8 Å². The molecule has 28 heavy (non-hydrogen) atoms. The molecule has 0 saturated heterocycles. The molecular weight excluding hydrogens is 388 g/mol. The van der Waals surface area contributed by atoms with Crippen LogP contribution in [0.5, 0.6) is 0 Å². The molecule has 0 spiro atoms. The number of nitrogens with one attached hydrogen (secondary N) is 1. The first kappa shape index (κ1) is 18.2. The Kier molecular flexibility index (Phi) is 4.40. The normalized spacial score (nSPS) is 12.4. The summed E-state index contributed by atoms with van der Waals surface area (Å²) in [6.07, 6.45) is 0. The van der Waals surface area contributed by atoms with Crippen molar-refractivity contribution in [3.63, 3.8) is 0 Å². The molecule has 2 heterocycles. The van der Waals surface area contributed by atoms with Crippen molar-refractivity contribution < 1.29 is 17.5 Å². The quantitative estimate of drug-likeness (QED) is 0.514.